The van der Waals surface area contributed by atoms with Gasteiger partial charge in [0, 0.05) is 13.6 Å². The molecule has 0 spiro atoms. The Balaban J connectivity index is 2.27. The first-order valence-electron chi connectivity index (χ1n) is 8.08. The van der Waals surface area contributed by atoms with Crippen molar-refractivity contribution in [1.82, 2.24) is 18.7 Å². The van der Waals surface area contributed by atoms with Crippen LogP contribution in [0.4, 0.5) is 5.95 Å². The van der Waals surface area contributed by atoms with Crippen molar-refractivity contribution in [3.05, 3.63) is 33.0 Å². The van der Waals surface area contributed by atoms with Crippen molar-refractivity contribution in [2.75, 3.05) is 18.7 Å². The summed E-state index contributed by atoms with van der Waals surface area (Å²) in [6, 6.07) is 0. The van der Waals surface area contributed by atoms with Gasteiger partial charge in [-0.2, -0.15) is 10.1 Å². The number of ether oxygens (including phenoxy) is 1. The molecule has 10 nitrogen and oxygen atoms in total. The Kier molecular flexibility index (Phi) is 4.49. The number of esters is 1. The van der Waals surface area contributed by atoms with Gasteiger partial charge in [0.1, 0.15) is 6.54 Å². The van der Waals surface area contributed by atoms with Gasteiger partial charge in [0.25, 0.3) is 5.56 Å². The molecule has 1 aliphatic rings. The lowest BCUT2D eigenvalue weighted by molar-refractivity contribution is -0.139. The molecule has 0 N–H and O–H groups in total. The van der Waals surface area contributed by atoms with Crippen molar-refractivity contribution in [3.63, 3.8) is 0 Å². The normalized spacial score (nSPS) is 14.0. The number of hydrogen-bond donors (Lipinski definition) is 0. The van der Waals surface area contributed by atoms with Gasteiger partial charge in [0.05, 0.1) is 19.4 Å². The number of allylic oxidation sites excluding steroid dienone is 2. The number of rotatable bonds is 4. The first-order valence-corrected chi connectivity index (χ1v) is 8.08. The molecular formula is C16H20N6O4. The van der Waals surface area contributed by atoms with Crippen LogP contribution in [0.3, 0.4) is 0 Å². The average molecular weight is 360 g/mol. The Morgan fingerprint density at radius 1 is 1.35 bits per heavy atom. The minimum Gasteiger partial charge on any atom is -0.468 e. The molecule has 0 aliphatic carbocycles. The van der Waals surface area contributed by atoms with E-state index in [1.807, 2.05) is 6.92 Å². The van der Waals surface area contributed by atoms with Gasteiger partial charge in [-0.25, -0.2) is 9.80 Å². The van der Waals surface area contributed by atoms with Crippen LogP contribution < -0.4 is 16.3 Å². The molecule has 0 atom stereocenters. The maximum absolute atomic E-state index is 12.9. The second-order valence-electron chi connectivity index (χ2n) is 5.97. The molecular weight excluding hydrogens is 340 g/mol. The van der Waals surface area contributed by atoms with Crippen LogP contribution in [0.15, 0.2) is 26.8 Å². The second-order valence-corrected chi connectivity index (χ2v) is 5.97. The predicted molar refractivity (Wildman–Crippen MR) is 96.5 cm³/mol. The first-order chi connectivity index (χ1) is 12.4. The summed E-state index contributed by atoms with van der Waals surface area (Å²) in [6.45, 7) is 3.99. The number of carbonyl (C=O) groups excluding carboxylic acids is 1. The van der Waals surface area contributed by atoms with Crippen molar-refractivity contribution in [2.45, 2.75) is 26.9 Å². The predicted octanol–water partition coefficient (Wildman–Crippen LogP) is -0.158. The van der Waals surface area contributed by atoms with Crippen molar-refractivity contribution in [2.24, 2.45) is 12.1 Å². The third kappa shape index (κ3) is 2.72. The highest BCUT2D eigenvalue weighted by molar-refractivity contribution is 5.89. The van der Waals surface area contributed by atoms with E-state index in [0.29, 0.717) is 23.7 Å². The van der Waals surface area contributed by atoms with E-state index < -0.39 is 17.2 Å². The van der Waals surface area contributed by atoms with E-state index in [-0.39, 0.29) is 18.7 Å². The molecule has 3 heterocycles. The fourth-order valence-electron chi connectivity index (χ4n) is 2.88. The summed E-state index contributed by atoms with van der Waals surface area (Å²) < 4.78 is 8.85. The van der Waals surface area contributed by atoms with Gasteiger partial charge in [0.2, 0.25) is 5.95 Å². The summed E-state index contributed by atoms with van der Waals surface area (Å²) in [5.74, 6) is -0.159. The molecule has 0 saturated carbocycles. The van der Waals surface area contributed by atoms with Crippen LogP contribution in [0.5, 0.6) is 0 Å². The topological polar surface area (TPSA) is 104 Å². The molecule has 0 bridgehead atoms. The van der Waals surface area contributed by atoms with Crippen molar-refractivity contribution >= 4 is 28.8 Å². The van der Waals surface area contributed by atoms with Crippen LogP contribution in [0.1, 0.15) is 13.8 Å². The number of anilines is 1. The Morgan fingerprint density at radius 3 is 2.73 bits per heavy atom. The van der Waals surface area contributed by atoms with Crippen LogP contribution in [-0.2, 0) is 29.7 Å². The Hall–Kier alpha value is -3.17. The first kappa shape index (κ1) is 17.6. The molecule has 1 aliphatic heterocycles. The fourth-order valence-corrected chi connectivity index (χ4v) is 2.88. The number of fused-ring (bicyclic) bond motifs is 3. The summed E-state index contributed by atoms with van der Waals surface area (Å²) in [4.78, 5) is 41.5. The van der Waals surface area contributed by atoms with Crippen LogP contribution in [0, 0.1) is 0 Å². The minimum atomic E-state index is -0.485. The highest BCUT2D eigenvalue weighted by Crippen LogP contribution is 2.23. The minimum absolute atomic E-state index is 0.141. The summed E-state index contributed by atoms with van der Waals surface area (Å²) in [7, 11) is 2.85. The molecule has 0 unspecified atom stereocenters. The van der Waals surface area contributed by atoms with E-state index in [4.69, 9.17) is 4.74 Å². The molecule has 0 radical (unpaired) electrons. The van der Waals surface area contributed by atoms with E-state index in [1.54, 1.807) is 30.7 Å². The maximum Gasteiger partial charge on any atom is 0.332 e. The average Bonchev–Trinajstić information content (AvgIpc) is 2.99. The van der Waals surface area contributed by atoms with Gasteiger partial charge in [-0.3, -0.25) is 23.3 Å². The zero-order valence-corrected chi connectivity index (χ0v) is 15.1. The molecule has 138 valence electrons. The Bertz CT molecular complexity index is 1060. The molecule has 2 aromatic rings. The lowest BCUT2D eigenvalue weighted by Crippen LogP contribution is -2.40. The van der Waals surface area contributed by atoms with Gasteiger partial charge < -0.3 is 4.74 Å². The largest absolute Gasteiger partial charge is 0.468 e. The Morgan fingerprint density at radius 2 is 2.08 bits per heavy atom. The van der Waals surface area contributed by atoms with Crippen LogP contribution in [0.25, 0.3) is 11.2 Å². The number of nitrogens with zero attached hydrogens (tertiary/aromatic N) is 6. The van der Waals surface area contributed by atoms with Crippen LogP contribution >= 0.6 is 0 Å². The monoisotopic (exact) mass is 360 g/mol. The number of hydrazone groups is 1. The van der Waals surface area contributed by atoms with E-state index >= 15 is 0 Å². The van der Waals surface area contributed by atoms with Gasteiger partial charge in [0.15, 0.2) is 11.2 Å². The molecule has 0 fully saturated rings. The van der Waals surface area contributed by atoms with Crippen LogP contribution in [0.2, 0.25) is 0 Å². The zero-order valence-electron chi connectivity index (χ0n) is 15.1. The van der Waals surface area contributed by atoms with E-state index in [9.17, 15) is 14.4 Å². The van der Waals surface area contributed by atoms with Crippen molar-refractivity contribution in [1.29, 1.82) is 0 Å². The number of methoxy groups -OCH3 is 1. The maximum atomic E-state index is 12.9. The number of aryl methyl sites for hydroxylation is 1. The summed E-state index contributed by atoms with van der Waals surface area (Å²) in [5, 5.41) is 5.70. The van der Waals surface area contributed by atoms with E-state index in [2.05, 4.69) is 10.1 Å². The van der Waals surface area contributed by atoms with Gasteiger partial charge in [-0.05, 0) is 13.8 Å². The van der Waals surface area contributed by atoms with Crippen LogP contribution in [-0.4, -0.2) is 44.0 Å². The van der Waals surface area contributed by atoms with Crippen molar-refractivity contribution in [3.8, 4) is 0 Å². The third-order valence-corrected chi connectivity index (χ3v) is 4.15. The number of aromatic nitrogens is 4. The second kappa shape index (κ2) is 6.62. The molecule has 0 aromatic carbocycles. The standard InChI is InChI=1S/C16H20N6O4/c1-5-6-7-20-14(24)12-13(19(3)16(20)25)17-15-21(12)8-10(2)18-22(15)9-11(23)26-4/h5-6H,7-9H2,1-4H3/b6-5+. The van der Waals surface area contributed by atoms with Gasteiger partial charge >= 0.3 is 11.7 Å². The number of hydrogen-bond acceptors (Lipinski definition) is 7. The number of carbonyl (C=O) groups is 1. The highest BCUT2D eigenvalue weighted by atomic mass is 16.5. The Labute approximate surface area is 148 Å². The lowest BCUT2D eigenvalue weighted by atomic mass is 10.3. The van der Waals surface area contributed by atoms with Gasteiger partial charge in [-0.15, -0.1) is 0 Å². The zero-order chi connectivity index (χ0) is 19.0. The summed E-state index contributed by atoms with van der Waals surface area (Å²) in [6.07, 6.45) is 3.51. The molecule has 3 rings (SSSR count). The molecule has 10 heteroatoms. The summed E-state index contributed by atoms with van der Waals surface area (Å²) in [5.41, 5.74) is 0.386. The quantitative estimate of drug-likeness (QED) is 0.554. The highest BCUT2D eigenvalue weighted by Gasteiger charge is 2.27. The molecule has 0 saturated heterocycles. The smallest absolute Gasteiger partial charge is 0.332 e. The van der Waals surface area contributed by atoms with E-state index in [0.717, 1.165) is 4.57 Å². The van der Waals surface area contributed by atoms with Gasteiger partial charge in [-0.1, -0.05) is 12.2 Å². The molecule has 0 amide bonds. The lowest BCUT2D eigenvalue weighted by Gasteiger charge is -2.23. The summed E-state index contributed by atoms with van der Waals surface area (Å²) >= 11 is 0. The fraction of sp³-hybridized carbons (Fsp3) is 0.438. The third-order valence-electron chi connectivity index (χ3n) is 4.15. The molecule has 2 aromatic heterocycles. The number of imidazole rings is 1. The molecule has 26 heavy (non-hydrogen) atoms. The van der Waals surface area contributed by atoms with Crippen molar-refractivity contribution < 1.29 is 9.53 Å². The van der Waals surface area contributed by atoms with E-state index in [1.165, 1.54) is 16.7 Å². The SMILES string of the molecule is C/C=C/Cn1c(=O)c2c(nc3n2CC(C)=NN3CC(=O)OC)n(C)c1=O.